The molecule has 0 unspecified atom stereocenters. The Hall–Kier alpha value is -3.22. The zero-order valence-corrected chi connectivity index (χ0v) is 20.9. The molecule has 2 aliphatic heterocycles. The molecule has 1 saturated carbocycles. The molecule has 1 aliphatic carbocycles. The first-order chi connectivity index (χ1) is 17.0. The molecule has 2 saturated heterocycles. The number of piperazine rings is 1. The Bertz CT molecular complexity index is 1090. The second-order valence-corrected chi connectivity index (χ2v) is 9.94. The van der Waals surface area contributed by atoms with Crippen LogP contribution in [-0.2, 0) is 9.59 Å². The molecular weight excluding hydrogens is 442 g/mol. The molecule has 186 valence electrons. The Morgan fingerprint density at radius 1 is 0.857 bits per heavy atom. The van der Waals surface area contributed by atoms with E-state index in [1.54, 1.807) is 14.2 Å². The maximum absolute atomic E-state index is 13.9. The highest BCUT2D eigenvalue weighted by Crippen LogP contribution is 2.42. The number of likely N-dealkylation sites (tertiary alicyclic amines) is 1. The predicted molar refractivity (Wildman–Crippen MR) is 135 cm³/mol. The van der Waals surface area contributed by atoms with Gasteiger partial charge in [-0.25, -0.2) is 0 Å². The SMILES string of the molecule is COc1ccc(OC)c([C@H]2CN(C(=O)C3CC3)C[C@@H]2C(=O)N2CCN(c3ccccc3C)CC2)c1. The highest BCUT2D eigenvalue weighted by atomic mass is 16.5. The minimum atomic E-state index is -0.288. The lowest BCUT2D eigenvalue weighted by molar-refractivity contribution is -0.136. The average molecular weight is 478 g/mol. The molecule has 0 radical (unpaired) electrons. The van der Waals surface area contributed by atoms with Crippen LogP contribution >= 0.6 is 0 Å². The van der Waals surface area contributed by atoms with Gasteiger partial charge in [0.1, 0.15) is 11.5 Å². The first-order valence-electron chi connectivity index (χ1n) is 12.6. The smallest absolute Gasteiger partial charge is 0.228 e. The molecule has 7 nitrogen and oxygen atoms in total. The number of carbonyl (C=O) groups is 2. The van der Waals surface area contributed by atoms with E-state index in [0.29, 0.717) is 26.2 Å². The Labute approximate surface area is 207 Å². The van der Waals surface area contributed by atoms with Gasteiger partial charge >= 0.3 is 0 Å². The third-order valence-electron chi connectivity index (χ3n) is 7.76. The number of para-hydroxylation sites is 1. The van der Waals surface area contributed by atoms with Crippen LogP contribution in [-0.4, -0.2) is 75.1 Å². The molecule has 0 aromatic heterocycles. The van der Waals surface area contributed by atoms with Crippen LogP contribution in [0.1, 0.15) is 29.9 Å². The molecule has 3 fully saturated rings. The van der Waals surface area contributed by atoms with E-state index in [1.165, 1.54) is 11.3 Å². The summed E-state index contributed by atoms with van der Waals surface area (Å²) in [5.41, 5.74) is 3.43. The van der Waals surface area contributed by atoms with Crippen LogP contribution in [0.5, 0.6) is 11.5 Å². The molecule has 2 atom stereocenters. The number of carbonyl (C=O) groups excluding carboxylic acids is 2. The van der Waals surface area contributed by atoms with Crippen molar-refractivity contribution in [3.05, 3.63) is 53.6 Å². The van der Waals surface area contributed by atoms with Crippen molar-refractivity contribution in [3.8, 4) is 11.5 Å². The molecule has 2 amide bonds. The number of nitrogens with zero attached hydrogens (tertiary/aromatic N) is 3. The van der Waals surface area contributed by atoms with Gasteiger partial charge in [0, 0.05) is 62.4 Å². The Morgan fingerprint density at radius 2 is 1.60 bits per heavy atom. The van der Waals surface area contributed by atoms with Gasteiger partial charge < -0.3 is 24.2 Å². The second kappa shape index (κ2) is 9.80. The zero-order chi connectivity index (χ0) is 24.5. The number of hydrogen-bond acceptors (Lipinski definition) is 5. The third kappa shape index (κ3) is 4.68. The Kier molecular flexibility index (Phi) is 6.58. The highest BCUT2D eigenvalue weighted by Gasteiger charge is 2.46. The topological polar surface area (TPSA) is 62.3 Å². The monoisotopic (exact) mass is 477 g/mol. The number of amides is 2. The fourth-order valence-electron chi connectivity index (χ4n) is 5.59. The molecule has 2 aromatic carbocycles. The van der Waals surface area contributed by atoms with E-state index >= 15 is 0 Å². The maximum atomic E-state index is 13.9. The van der Waals surface area contributed by atoms with Crippen LogP contribution in [0.3, 0.4) is 0 Å². The third-order valence-corrected chi connectivity index (χ3v) is 7.76. The lowest BCUT2D eigenvalue weighted by Gasteiger charge is -2.38. The molecule has 0 spiro atoms. The molecular formula is C28H35N3O4. The molecule has 7 heteroatoms. The van der Waals surface area contributed by atoms with E-state index < -0.39 is 0 Å². The van der Waals surface area contributed by atoms with Crippen molar-refractivity contribution in [2.45, 2.75) is 25.7 Å². The highest BCUT2D eigenvalue weighted by molar-refractivity contribution is 5.85. The normalized spacial score (nSPS) is 22.3. The number of ether oxygens (including phenoxy) is 2. The van der Waals surface area contributed by atoms with Gasteiger partial charge in [0.15, 0.2) is 0 Å². The Morgan fingerprint density at radius 3 is 2.26 bits per heavy atom. The molecule has 3 aliphatic rings. The number of benzene rings is 2. The van der Waals surface area contributed by atoms with Gasteiger partial charge in [-0.3, -0.25) is 9.59 Å². The first-order valence-corrected chi connectivity index (χ1v) is 12.6. The first kappa shape index (κ1) is 23.5. The summed E-state index contributed by atoms with van der Waals surface area (Å²) >= 11 is 0. The van der Waals surface area contributed by atoms with Crippen LogP contribution in [0.15, 0.2) is 42.5 Å². The van der Waals surface area contributed by atoms with Gasteiger partial charge in [-0.15, -0.1) is 0 Å². The lowest BCUT2D eigenvalue weighted by Crippen LogP contribution is -2.51. The van der Waals surface area contributed by atoms with Gasteiger partial charge in [0.05, 0.1) is 20.1 Å². The minimum absolute atomic E-state index is 0.121. The van der Waals surface area contributed by atoms with Crippen molar-refractivity contribution in [1.29, 1.82) is 0 Å². The van der Waals surface area contributed by atoms with Gasteiger partial charge in [-0.05, 0) is 49.6 Å². The summed E-state index contributed by atoms with van der Waals surface area (Å²) in [5, 5.41) is 0. The van der Waals surface area contributed by atoms with E-state index in [0.717, 1.165) is 43.0 Å². The van der Waals surface area contributed by atoms with Gasteiger partial charge in [-0.1, -0.05) is 18.2 Å². The van der Waals surface area contributed by atoms with E-state index in [-0.39, 0.29) is 29.6 Å². The van der Waals surface area contributed by atoms with Gasteiger partial charge in [-0.2, -0.15) is 0 Å². The van der Waals surface area contributed by atoms with E-state index in [1.807, 2.05) is 28.0 Å². The van der Waals surface area contributed by atoms with E-state index in [2.05, 4.69) is 36.1 Å². The fourth-order valence-corrected chi connectivity index (χ4v) is 5.59. The lowest BCUT2D eigenvalue weighted by atomic mass is 9.87. The van der Waals surface area contributed by atoms with Crippen LogP contribution in [0.25, 0.3) is 0 Å². The number of hydrogen-bond donors (Lipinski definition) is 0. The molecule has 0 bridgehead atoms. The summed E-state index contributed by atoms with van der Waals surface area (Å²) < 4.78 is 11.1. The number of aryl methyl sites for hydroxylation is 1. The molecule has 2 heterocycles. The number of anilines is 1. The summed E-state index contributed by atoms with van der Waals surface area (Å²) in [6.07, 6.45) is 1.92. The molecule has 5 rings (SSSR count). The van der Waals surface area contributed by atoms with Crippen LogP contribution in [0, 0.1) is 18.8 Å². The van der Waals surface area contributed by atoms with Gasteiger partial charge in [0.2, 0.25) is 11.8 Å². The van der Waals surface area contributed by atoms with Crippen LogP contribution < -0.4 is 14.4 Å². The maximum Gasteiger partial charge on any atom is 0.228 e. The standard InChI is InChI=1S/C28H35N3O4/c1-19-6-4-5-7-25(19)29-12-14-30(15-13-29)28(33)24-18-31(27(32)20-8-9-20)17-23(24)22-16-21(34-2)10-11-26(22)35-3/h4-7,10-11,16,20,23-24H,8-9,12-15,17-18H2,1-3H3/t23-,24+/m1/s1. The summed E-state index contributed by atoms with van der Waals surface area (Å²) in [6, 6.07) is 14.1. The fraction of sp³-hybridized carbons (Fsp3) is 0.500. The van der Waals surface area contributed by atoms with Crippen molar-refractivity contribution in [3.63, 3.8) is 0 Å². The van der Waals surface area contributed by atoms with Crippen molar-refractivity contribution in [2.75, 3.05) is 58.4 Å². The molecule has 2 aromatic rings. The average Bonchev–Trinajstić information content (AvgIpc) is 3.66. The number of methoxy groups -OCH3 is 2. The molecule has 0 N–H and O–H groups in total. The largest absolute Gasteiger partial charge is 0.497 e. The van der Waals surface area contributed by atoms with E-state index in [9.17, 15) is 9.59 Å². The van der Waals surface area contributed by atoms with Crippen LogP contribution in [0.4, 0.5) is 5.69 Å². The van der Waals surface area contributed by atoms with Crippen molar-refractivity contribution in [1.82, 2.24) is 9.80 Å². The Balaban J connectivity index is 1.36. The second-order valence-electron chi connectivity index (χ2n) is 9.94. The van der Waals surface area contributed by atoms with Crippen LogP contribution in [0.2, 0.25) is 0 Å². The van der Waals surface area contributed by atoms with Crippen molar-refractivity contribution >= 4 is 17.5 Å². The van der Waals surface area contributed by atoms with E-state index in [4.69, 9.17) is 9.47 Å². The predicted octanol–water partition coefficient (Wildman–Crippen LogP) is 3.31. The zero-order valence-electron chi connectivity index (χ0n) is 20.9. The van der Waals surface area contributed by atoms with Gasteiger partial charge in [0.25, 0.3) is 0 Å². The minimum Gasteiger partial charge on any atom is -0.497 e. The number of rotatable bonds is 6. The quantitative estimate of drug-likeness (QED) is 0.639. The molecule has 35 heavy (non-hydrogen) atoms. The van der Waals surface area contributed by atoms with Crippen molar-refractivity contribution in [2.24, 2.45) is 11.8 Å². The summed E-state index contributed by atoms with van der Waals surface area (Å²) in [6.45, 7) is 6.12. The summed E-state index contributed by atoms with van der Waals surface area (Å²) in [5.74, 6) is 1.51. The summed E-state index contributed by atoms with van der Waals surface area (Å²) in [4.78, 5) is 33.1. The van der Waals surface area contributed by atoms with Crippen molar-refractivity contribution < 1.29 is 19.1 Å². The summed E-state index contributed by atoms with van der Waals surface area (Å²) in [7, 11) is 3.29.